The number of aliphatic carboxylic acids is 1. The van der Waals surface area contributed by atoms with Crippen LogP contribution in [0.3, 0.4) is 0 Å². The molecule has 1 N–H and O–H groups in total. The summed E-state index contributed by atoms with van der Waals surface area (Å²) in [6.07, 6.45) is 3.64. The zero-order chi connectivity index (χ0) is 15.4. The molecular weight excluding hydrogens is 270 g/mol. The largest absolute Gasteiger partial charge is 0.481 e. The fourth-order valence-electron chi connectivity index (χ4n) is 3.29. The second kappa shape index (κ2) is 7.11. The van der Waals surface area contributed by atoms with Crippen molar-refractivity contribution in [2.75, 3.05) is 39.8 Å². The normalized spacial score (nSPS) is 26.9. The van der Waals surface area contributed by atoms with E-state index in [-0.39, 0.29) is 18.0 Å². The van der Waals surface area contributed by atoms with Crippen molar-refractivity contribution in [1.82, 2.24) is 14.7 Å². The van der Waals surface area contributed by atoms with Gasteiger partial charge < -0.3 is 19.8 Å². The molecule has 2 amide bonds. The van der Waals surface area contributed by atoms with Crippen molar-refractivity contribution in [2.24, 2.45) is 5.92 Å². The molecule has 2 heterocycles. The standard InChI is InChI=1S/C15H27N3O3/c1-12-11-13(14(19)20)5-8-18(12)15(21)16(2)9-10-17-6-3-4-7-17/h12-13H,3-11H2,1-2H3,(H,19,20). The number of carboxylic acids is 1. The second-order valence-corrected chi connectivity index (χ2v) is 6.35. The minimum absolute atomic E-state index is 0.00147. The number of nitrogens with zero attached hydrogens (tertiary/aromatic N) is 3. The van der Waals surface area contributed by atoms with Gasteiger partial charge in [0.05, 0.1) is 5.92 Å². The maximum atomic E-state index is 12.5. The number of carboxylic acid groups (broad SMARTS) is 1. The highest BCUT2D eigenvalue weighted by Crippen LogP contribution is 2.23. The van der Waals surface area contributed by atoms with Crippen LogP contribution in [0.4, 0.5) is 4.79 Å². The average Bonchev–Trinajstić information content (AvgIpc) is 2.97. The molecule has 2 rings (SSSR count). The van der Waals surface area contributed by atoms with E-state index in [1.807, 2.05) is 18.9 Å². The molecule has 2 saturated heterocycles. The van der Waals surface area contributed by atoms with Gasteiger partial charge in [-0.3, -0.25) is 4.79 Å². The van der Waals surface area contributed by atoms with Gasteiger partial charge in [0.2, 0.25) is 0 Å². The predicted molar refractivity (Wildman–Crippen MR) is 80.2 cm³/mol. The minimum Gasteiger partial charge on any atom is -0.481 e. The molecule has 0 aromatic carbocycles. The van der Waals surface area contributed by atoms with Gasteiger partial charge in [0.1, 0.15) is 0 Å². The highest BCUT2D eigenvalue weighted by atomic mass is 16.4. The Morgan fingerprint density at radius 1 is 1.24 bits per heavy atom. The molecule has 2 unspecified atom stereocenters. The van der Waals surface area contributed by atoms with E-state index in [0.717, 1.165) is 26.2 Å². The number of hydrogen-bond acceptors (Lipinski definition) is 3. The lowest BCUT2D eigenvalue weighted by Crippen LogP contribution is -2.51. The first-order chi connectivity index (χ1) is 9.99. The number of urea groups is 1. The van der Waals surface area contributed by atoms with Crippen LogP contribution in [-0.2, 0) is 4.79 Å². The lowest BCUT2D eigenvalue weighted by molar-refractivity contribution is -0.143. The van der Waals surface area contributed by atoms with Crippen molar-refractivity contribution in [1.29, 1.82) is 0 Å². The van der Waals surface area contributed by atoms with Gasteiger partial charge in [0.15, 0.2) is 0 Å². The van der Waals surface area contributed by atoms with Crippen LogP contribution in [0.15, 0.2) is 0 Å². The highest BCUT2D eigenvalue weighted by molar-refractivity contribution is 5.75. The van der Waals surface area contributed by atoms with Crippen molar-refractivity contribution in [3.05, 3.63) is 0 Å². The number of amides is 2. The SMILES string of the molecule is CC1CC(C(=O)O)CCN1C(=O)N(C)CCN1CCCC1. The molecule has 2 fully saturated rings. The molecule has 6 nitrogen and oxygen atoms in total. The smallest absolute Gasteiger partial charge is 0.320 e. The molecule has 120 valence electrons. The van der Waals surface area contributed by atoms with Gasteiger partial charge in [-0.2, -0.15) is 0 Å². The third-order valence-corrected chi connectivity index (χ3v) is 4.75. The Labute approximate surface area is 126 Å². The molecule has 0 saturated carbocycles. The Balaban J connectivity index is 1.80. The summed E-state index contributed by atoms with van der Waals surface area (Å²) in [4.78, 5) is 29.5. The van der Waals surface area contributed by atoms with E-state index in [4.69, 9.17) is 5.11 Å². The van der Waals surface area contributed by atoms with Crippen molar-refractivity contribution in [2.45, 2.75) is 38.6 Å². The number of hydrogen-bond donors (Lipinski definition) is 1. The first-order valence-corrected chi connectivity index (χ1v) is 7.96. The maximum absolute atomic E-state index is 12.5. The van der Waals surface area contributed by atoms with Gasteiger partial charge in [0, 0.05) is 32.7 Å². The first kappa shape index (κ1) is 16.1. The van der Waals surface area contributed by atoms with E-state index in [1.165, 1.54) is 12.8 Å². The molecule has 0 aromatic heterocycles. The summed E-state index contributed by atoms with van der Waals surface area (Å²) in [6.45, 7) is 6.45. The van der Waals surface area contributed by atoms with E-state index in [0.29, 0.717) is 19.4 Å². The summed E-state index contributed by atoms with van der Waals surface area (Å²) in [5.41, 5.74) is 0. The third kappa shape index (κ3) is 4.09. The lowest BCUT2D eigenvalue weighted by atomic mass is 9.92. The quantitative estimate of drug-likeness (QED) is 0.850. The van der Waals surface area contributed by atoms with Crippen LogP contribution in [-0.4, -0.2) is 77.6 Å². The van der Waals surface area contributed by atoms with Crippen LogP contribution in [0.2, 0.25) is 0 Å². The third-order valence-electron chi connectivity index (χ3n) is 4.75. The number of carbonyl (C=O) groups is 2. The number of rotatable bonds is 4. The molecule has 21 heavy (non-hydrogen) atoms. The van der Waals surface area contributed by atoms with Crippen LogP contribution in [0.1, 0.15) is 32.6 Å². The summed E-state index contributed by atoms with van der Waals surface area (Å²) in [6, 6.07) is 0.0344. The van der Waals surface area contributed by atoms with Gasteiger partial charge in [0.25, 0.3) is 0 Å². The fourth-order valence-corrected chi connectivity index (χ4v) is 3.29. The van der Waals surface area contributed by atoms with Gasteiger partial charge in [-0.15, -0.1) is 0 Å². The van der Waals surface area contributed by atoms with Gasteiger partial charge in [-0.05, 0) is 45.7 Å². The summed E-state index contributed by atoms with van der Waals surface area (Å²) in [7, 11) is 1.84. The van der Waals surface area contributed by atoms with Crippen molar-refractivity contribution >= 4 is 12.0 Å². The Bertz CT molecular complexity index is 382. The molecule has 0 aromatic rings. The van der Waals surface area contributed by atoms with E-state index >= 15 is 0 Å². The number of carbonyl (C=O) groups excluding carboxylic acids is 1. The van der Waals surface area contributed by atoms with Crippen LogP contribution in [0.5, 0.6) is 0 Å². The fraction of sp³-hybridized carbons (Fsp3) is 0.867. The Morgan fingerprint density at radius 2 is 1.90 bits per heavy atom. The molecular formula is C15H27N3O3. The lowest BCUT2D eigenvalue weighted by Gasteiger charge is -2.38. The van der Waals surface area contributed by atoms with Crippen LogP contribution < -0.4 is 0 Å². The number of piperidine rings is 1. The number of likely N-dealkylation sites (N-methyl/N-ethyl adjacent to an activating group) is 1. The minimum atomic E-state index is -0.740. The van der Waals surface area contributed by atoms with Gasteiger partial charge in [-0.25, -0.2) is 4.79 Å². The average molecular weight is 297 g/mol. The topological polar surface area (TPSA) is 64.1 Å². The zero-order valence-corrected chi connectivity index (χ0v) is 13.1. The molecule has 0 spiro atoms. The Hall–Kier alpha value is -1.30. The van der Waals surface area contributed by atoms with E-state index in [9.17, 15) is 9.59 Å². The first-order valence-electron chi connectivity index (χ1n) is 7.96. The summed E-state index contributed by atoms with van der Waals surface area (Å²) < 4.78 is 0. The molecule has 6 heteroatoms. The highest BCUT2D eigenvalue weighted by Gasteiger charge is 2.33. The van der Waals surface area contributed by atoms with Crippen LogP contribution in [0, 0.1) is 5.92 Å². The predicted octanol–water partition coefficient (Wildman–Crippen LogP) is 1.32. The van der Waals surface area contributed by atoms with E-state index in [1.54, 1.807) is 4.90 Å². The van der Waals surface area contributed by atoms with Crippen LogP contribution in [0.25, 0.3) is 0 Å². The van der Waals surface area contributed by atoms with E-state index in [2.05, 4.69) is 4.90 Å². The molecule has 2 aliphatic rings. The monoisotopic (exact) mass is 297 g/mol. The Morgan fingerprint density at radius 3 is 2.48 bits per heavy atom. The molecule has 2 atom stereocenters. The van der Waals surface area contributed by atoms with Crippen molar-refractivity contribution in [3.8, 4) is 0 Å². The van der Waals surface area contributed by atoms with E-state index < -0.39 is 5.97 Å². The van der Waals surface area contributed by atoms with Gasteiger partial charge in [-0.1, -0.05) is 0 Å². The summed E-state index contributed by atoms with van der Waals surface area (Å²) >= 11 is 0. The Kier molecular flexibility index (Phi) is 5.45. The molecule has 0 bridgehead atoms. The molecule has 2 aliphatic heterocycles. The maximum Gasteiger partial charge on any atom is 0.320 e. The zero-order valence-electron chi connectivity index (χ0n) is 13.1. The molecule has 0 aliphatic carbocycles. The van der Waals surface area contributed by atoms with Gasteiger partial charge >= 0.3 is 12.0 Å². The summed E-state index contributed by atoms with van der Waals surface area (Å²) in [5.74, 6) is -1.05. The van der Waals surface area contributed by atoms with Crippen molar-refractivity contribution < 1.29 is 14.7 Å². The number of likely N-dealkylation sites (tertiary alicyclic amines) is 2. The summed E-state index contributed by atoms with van der Waals surface area (Å²) in [5, 5.41) is 9.08. The van der Waals surface area contributed by atoms with Crippen molar-refractivity contribution in [3.63, 3.8) is 0 Å². The van der Waals surface area contributed by atoms with Crippen LogP contribution >= 0.6 is 0 Å². The molecule has 0 radical (unpaired) electrons. The second-order valence-electron chi connectivity index (χ2n) is 6.35.